The predicted molar refractivity (Wildman–Crippen MR) is 67.9 cm³/mol. The van der Waals surface area contributed by atoms with Crippen LogP contribution in [0.3, 0.4) is 0 Å². The van der Waals surface area contributed by atoms with Crippen LogP contribution >= 0.6 is 11.6 Å². The number of anilines is 1. The number of para-hydroxylation sites is 1. The minimum atomic E-state index is 0.491. The summed E-state index contributed by atoms with van der Waals surface area (Å²) in [6.45, 7) is 1.87. The van der Waals surface area contributed by atoms with Crippen LogP contribution in [-0.4, -0.2) is 19.1 Å². The largest absolute Gasteiger partial charge is 0.366 e. The van der Waals surface area contributed by atoms with E-state index >= 15 is 0 Å². The predicted octanol–water partition coefficient (Wildman–Crippen LogP) is 2.51. The number of piperidine rings is 2. The van der Waals surface area contributed by atoms with Crippen molar-refractivity contribution in [2.24, 2.45) is 17.6 Å². The van der Waals surface area contributed by atoms with Crippen LogP contribution in [0.15, 0.2) is 24.3 Å². The van der Waals surface area contributed by atoms with Crippen LogP contribution in [0.5, 0.6) is 0 Å². The van der Waals surface area contributed by atoms with Gasteiger partial charge in [-0.15, -0.1) is 0 Å². The van der Waals surface area contributed by atoms with Gasteiger partial charge in [0.25, 0.3) is 0 Å². The van der Waals surface area contributed by atoms with Crippen molar-refractivity contribution in [2.75, 3.05) is 18.0 Å². The number of hydrogen-bond acceptors (Lipinski definition) is 2. The van der Waals surface area contributed by atoms with E-state index in [1.807, 2.05) is 12.1 Å². The molecular formula is C13H17ClN2. The highest BCUT2D eigenvalue weighted by Gasteiger charge is 2.44. The molecule has 1 atom stereocenters. The van der Waals surface area contributed by atoms with Crippen molar-refractivity contribution in [1.82, 2.24) is 0 Å². The van der Waals surface area contributed by atoms with Crippen LogP contribution in [0.25, 0.3) is 0 Å². The van der Waals surface area contributed by atoms with E-state index in [1.165, 1.54) is 12.8 Å². The van der Waals surface area contributed by atoms with Gasteiger partial charge >= 0.3 is 0 Å². The number of rotatable bonds is 2. The molecule has 1 unspecified atom stereocenters. The second-order valence-electron chi connectivity index (χ2n) is 5.00. The molecule has 1 saturated carbocycles. The first kappa shape index (κ1) is 10.4. The van der Waals surface area contributed by atoms with Crippen LogP contribution in [-0.2, 0) is 0 Å². The van der Waals surface area contributed by atoms with Crippen LogP contribution < -0.4 is 10.6 Å². The van der Waals surface area contributed by atoms with E-state index in [1.54, 1.807) is 0 Å². The Bertz CT molecular complexity index is 387. The minimum Gasteiger partial charge on any atom is -0.366 e. The number of nitrogens with two attached hydrogens (primary N) is 1. The molecule has 0 amide bonds. The van der Waals surface area contributed by atoms with Gasteiger partial charge in [0, 0.05) is 19.1 Å². The van der Waals surface area contributed by atoms with Crippen molar-refractivity contribution >= 4 is 17.3 Å². The summed E-state index contributed by atoms with van der Waals surface area (Å²) in [5.74, 6) is 1.66. The summed E-state index contributed by atoms with van der Waals surface area (Å²) in [6, 6.07) is 8.59. The zero-order valence-electron chi connectivity index (χ0n) is 9.27. The number of nitrogens with zero attached hydrogens (tertiary/aromatic N) is 1. The molecule has 4 rings (SSSR count). The fourth-order valence-corrected chi connectivity index (χ4v) is 3.44. The fraction of sp³-hybridized carbons (Fsp3) is 0.538. The maximum absolute atomic E-state index is 6.26. The Morgan fingerprint density at radius 2 is 2.06 bits per heavy atom. The van der Waals surface area contributed by atoms with E-state index in [4.69, 9.17) is 17.3 Å². The molecule has 2 nitrogen and oxygen atoms in total. The van der Waals surface area contributed by atoms with Crippen molar-refractivity contribution in [3.63, 3.8) is 0 Å². The molecule has 3 aliphatic rings. The lowest BCUT2D eigenvalue weighted by Crippen LogP contribution is -2.58. The Morgan fingerprint density at radius 3 is 2.75 bits per heavy atom. The number of hydrogen-bond donors (Lipinski definition) is 1. The molecule has 1 aromatic carbocycles. The normalized spacial score (nSPS) is 32.4. The van der Waals surface area contributed by atoms with Crippen LogP contribution in [0.2, 0.25) is 5.02 Å². The maximum atomic E-state index is 6.26. The Kier molecular flexibility index (Phi) is 2.56. The summed E-state index contributed by atoms with van der Waals surface area (Å²) >= 11 is 6.26. The second kappa shape index (κ2) is 3.94. The molecule has 2 heterocycles. The van der Waals surface area contributed by atoms with Gasteiger partial charge in [-0.3, -0.25) is 0 Å². The molecule has 1 aromatic rings. The second-order valence-corrected chi connectivity index (χ2v) is 5.41. The molecule has 3 heteroatoms. The lowest BCUT2D eigenvalue weighted by molar-refractivity contribution is 0.114. The first-order chi connectivity index (χ1) is 7.79. The van der Waals surface area contributed by atoms with Gasteiger partial charge in [-0.05, 0) is 36.8 Å². The molecule has 0 aromatic heterocycles. The number of halogens is 1. The molecule has 0 radical (unpaired) electrons. The number of benzene rings is 1. The summed E-state index contributed by atoms with van der Waals surface area (Å²) in [4.78, 5) is 2.42. The first-order valence-electron chi connectivity index (χ1n) is 6.01. The van der Waals surface area contributed by atoms with E-state index in [0.717, 1.165) is 35.6 Å². The summed E-state index contributed by atoms with van der Waals surface area (Å²) < 4.78 is 0. The van der Waals surface area contributed by atoms with Gasteiger partial charge in [0.15, 0.2) is 0 Å². The summed E-state index contributed by atoms with van der Waals surface area (Å²) in [5.41, 5.74) is 7.07. The van der Waals surface area contributed by atoms with E-state index in [9.17, 15) is 0 Å². The Hall–Kier alpha value is -0.730. The monoisotopic (exact) mass is 236 g/mol. The Balaban J connectivity index is 1.91. The Labute approximate surface area is 101 Å². The highest BCUT2D eigenvalue weighted by atomic mass is 35.5. The average molecular weight is 237 g/mol. The molecular weight excluding hydrogens is 220 g/mol. The molecule has 1 aliphatic carbocycles. The van der Waals surface area contributed by atoms with Crippen molar-refractivity contribution in [1.29, 1.82) is 0 Å². The SMILES string of the molecule is NCC1C2CC(C2)CN1c1ccccc1Cl. The van der Waals surface area contributed by atoms with E-state index in [-0.39, 0.29) is 0 Å². The van der Waals surface area contributed by atoms with Crippen LogP contribution in [0.4, 0.5) is 5.69 Å². The summed E-state index contributed by atoms with van der Waals surface area (Å²) in [7, 11) is 0. The van der Waals surface area contributed by atoms with Gasteiger partial charge in [0.05, 0.1) is 10.7 Å². The lowest BCUT2D eigenvalue weighted by atomic mass is 9.66. The van der Waals surface area contributed by atoms with Crippen molar-refractivity contribution in [3.8, 4) is 0 Å². The smallest absolute Gasteiger partial charge is 0.0639 e. The lowest BCUT2D eigenvalue weighted by Gasteiger charge is -2.54. The molecule has 2 saturated heterocycles. The van der Waals surface area contributed by atoms with Crippen LogP contribution in [0, 0.1) is 11.8 Å². The highest BCUT2D eigenvalue weighted by molar-refractivity contribution is 6.33. The third kappa shape index (κ3) is 1.52. The third-order valence-electron chi connectivity index (χ3n) is 4.07. The number of fused-ring (bicyclic) bond motifs is 2. The molecule has 16 heavy (non-hydrogen) atoms. The van der Waals surface area contributed by atoms with Gasteiger partial charge in [-0.1, -0.05) is 23.7 Å². The van der Waals surface area contributed by atoms with Gasteiger partial charge in [0.2, 0.25) is 0 Å². The summed E-state index contributed by atoms with van der Waals surface area (Å²) in [5, 5.41) is 0.849. The van der Waals surface area contributed by atoms with Gasteiger partial charge in [-0.25, -0.2) is 0 Å². The zero-order chi connectivity index (χ0) is 11.1. The fourth-order valence-electron chi connectivity index (χ4n) is 3.20. The Morgan fingerprint density at radius 1 is 1.31 bits per heavy atom. The molecule has 3 fully saturated rings. The third-order valence-corrected chi connectivity index (χ3v) is 4.39. The molecule has 2 bridgehead atoms. The topological polar surface area (TPSA) is 29.3 Å². The van der Waals surface area contributed by atoms with Crippen molar-refractivity contribution in [3.05, 3.63) is 29.3 Å². The van der Waals surface area contributed by atoms with E-state index in [2.05, 4.69) is 17.0 Å². The zero-order valence-corrected chi connectivity index (χ0v) is 10.0. The van der Waals surface area contributed by atoms with Crippen molar-refractivity contribution < 1.29 is 0 Å². The van der Waals surface area contributed by atoms with E-state index in [0.29, 0.717) is 6.04 Å². The van der Waals surface area contributed by atoms with Gasteiger partial charge in [-0.2, -0.15) is 0 Å². The van der Waals surface area contributed by atoms with E-state index < -0.39 is 0 Å². The van der Waals surface area contributed by atoms with Crippen molar-refractivity contribution in [2.45, 2.75) is 18.9 Å². The molecule has 2 N–H and O–H groups in total. The standard InChI is InChI=1S/C13H17ClN2/c14-11-3-1-2-4-12(11)16-8-9-5-10(6-9)13(16)7-15/h1-4,9-10,13H,5-8,15H2. The molecule has 86 valence electrons. The molecule has 0 spiro atoms. The summed E-state index contributed by atoms with van der Waals surface area (Å²) in [6.07, 6.45) is 2.73. The quantitative estimate of drug-likeness (QED) is 0.855. The maximum Gasteiger partial charge on any atom is 0.0639 e. The van der Waals surface area contributed by atoms with Gasteiger partial charge in [0.1, 0.15) is 0 Å². The van der Waals surface area contributed by atoms with Crippen LogP contribution in [0.1, 0.15) is 12.8 Å². The first-order valence-corrected chi connectivity index (χ1v) is 6.38. The average Bonchev–Trinajstić information content (AvgIpc) is 2.27. The molecule has 2 aliphatic heterocycles. The minimum absolute atomic E-state index is 0.491. The van der Waals surface area contributed by atoms with Gasteiger partial charge < -0.3 is 10.6 Å². The highest BCUT2D eigenvalue weighted by Crippen LogP contribution is 2.46.